The summed E-state index contributed by atoms with van der Waals surface area (Å²) in [4.78, 5) is 17.0. The number of hydrogen-bond donors (Lipinski definition) is 7. The number of phenolic OH excluding ortho intramolecular Hbond substituents is 2. The highest BCUT2D eigenvalue weighted by Gasteiger charge is 2.41. The first-order chi connectivity index (χ1) is 25.0. The average Bonchev–Trinajstić information content (AvgIpc) is 3.52. The van der Waals surface area contributed by atoms with Gasteiger partial charge in [0.1, 0.15) is 5.60 Å². The molecule has 4 atom stereocenters. The number of nitrogens with two attached hydrogens (primary N) is 1. The highest BCUT2D eigenvalue weighted by molar-refractivity contribution is 5.94. The van der Waals surface area contributed by atoms with Gasteiger partial charge in [-0.1, -0.05) is 38.3 Å². The molecular weight excluding hydrogens is 662 g/mol. The number of aromatic hydroxyl groups is 2. The van der Waals surface area contributed by atoms with E-state index in [-0.39, 0.29) is 29.2 Å². The molecule has 0 aliphatic heterocycles. The van der Waals surface area contributed by atoms with Crippen molar-refractivity contribution in [3.05, 3.63) is 53.6 Å². The van der Waals surface area contributed by atoms with Gasteiger partial charge in [-0.25, -0.2) is 0 Å². The van der Waals surface area contributed by atoms with Crippen LogP contribution in [0, 0.1) is 11.8 Å². The summed E-state index contributed by atoms with van der Waals surface area (Å²) < 4.78 is 17.8. The second-order valence-electron chi connectivity index (χ2n) is 14.1. The van der Waals surface area contributed by atoms with E-state index >= 15 is 0 Å². The van der Waals surface area contributed by atoms with Crippen LogP contribution in [0.5, 0.6) is 23.0 Å². The van der Waals surface area contributed by atoms with Crippen LogP contribution in [0.15, 0.2) is 47.5 Å². The molecule has 3 rings (SSSR count). The van der Waals surface area contributed by atoms with Gasteiger partial charge in [-0.3, -0.25) is 15.1 Å². The van der Waals surface area contributed by atoms with E-state index in [1.165, 1.54) is 7.11 Å². The molecule has 2 aromatic carbocycles. The van der Waals surface area contributed by atoms with Gasteiger partial charge in [-0.15, -0.1) is 0 Å². The number of guanidine groups is 1. The summed E-state index contributed by atoms with van der Waals surface area (Å²) in [6, 6.07) is 8.94. The number of aliphatic hydroxyl groups excluding tert-OH is 1. The van der Waals surface area contributed by atoms with E-state index < -0.39 is 11.7 Å². The van der Waals surface area contributed by atoms with Crippen LogP contribution in [-0.4, -0.2) is 86.4 Å². The molecule has 12 heteroatoms. The number of nitrogens with zero attached hydrogens (tertiary/aromatic N) is 1. The molecule has 1 aliphatic carbocycles. The molecule has 0 aromatic heterocycles. The Morgan fingerprint density at radius 1 is 1.17 bits per heavy atom. The van der Waals surface area contributed by atoms with Gasteiger partial charge in [0, 0.05) is 33.2 Å². The number of likely N-dealkylation sites (N-methyl/N-ethyl adjacent to an activating group) is 1. The van der Waals surface area contributed by atoms with E-state index in [9.17, 15) is 20.1 Å². The van der Waals surface area contributed by atoms with Crippen LogP contribution in [-0.2, 0) is 22.4 Å². The number of hydrogen-bond acceptors (Lipinski definition) is 10. The van der Waals surface area contributed by atoms with Gasteiger partial charge in [0.05, 0.1) is 25.6 Å². The minimum atomic E-state index is -0.518. The molecule has 8 N–H and O–H groups in total. The SMILES string of the molecule is CCCCC[C@H](C=CC(=O)CCc1ccc(O)c(OC)c1)Cc1cc(NC(N)=NC)c(O)c(O[C@@]2(CNC)CC[C@H](CCOCNC[C@H](C)O)C2)c1. The number of carbonyl (C=O) groups is 1. The molecule has 52 heavy (non-hydrogen) atoms. The van der Waals surface area contributed by atoms with Gasteiger partial charge in [0.25, 0.3) is 0 Å². The van der Waals surface area contributed by atoms with E-state index in [0.717, 1.165) is 62.5 Å². The average molecular weight is 726 g/mol. The first kappa shape index (κ1) is 42.6. The van der Waals surface area contributed by atoms with Crippen LogP contribution in [0.1, 0.15) is 82.8 Å². The molecule has 0 unspecified atom stereocenters. The van der Waals surface area contributed by atoms with Crippen molar-refractivity contribution < 1.29 is 34.3 Å². The zero-order chi connectivity index (χ0) is 37.9. The predicted octanol–water partition coefficient (Wildman–Crippen LogP) is 5.43. The number of ether oxygens (including phenoxy) is 3. The molecule has 0 heterocycles. The number of anilines is 1. The summed E-state index contributed by atoms with van der Waals surface area (Å²) in [7, 11) is 5.00. The van der Waals surface area contributed by atoms with E-state index in [0.29, 0.717) is 68.8 Å². The third kappa shape index (κ3) is 14.3. The number of carbonyl (C=O) groups excluding carboxylic acids is 1. The lowest BCUT2D eigenvalue weighted by atomic mass is 9.92. The Kier molecular flexibility index (Phi) is 18.2. The summed E-state index contributed by atoms with van der Waals surface area (Å²) in [5, 5.41) is 40.2. The van der Waals surface area contributed by atoms with Crippen molar-refractivity contribution in [1.29, 1.82) is 0 Å². The maximum absolute atomic E-state index is 13.0. The fraction of sp³-hybridized carbons (Fsp3) is 0.600. The Hall–Kier alpha value is -3.84. The van der Waals surface area contributed by atoms with Gasteiger partial charge >= 0.3 is 0 Å². The normalized spacial score (nSPS) is 18.8. The molecule has 1 saturated carbocycles. The van der Waals surface area contributed by atoms with Crippen molar-refractivity contribution in [1.82, 2.24) is 10.6 Å². The smallest absolute Gasteiger partial charge is 0.192 e. The Bertz CT molecular complexity index is 1450. The van der Waals surface area contributed by atoms with E-state index in [4.69, 9.17) is 19.9 Å². The summed E-state index contributed by atoms with van der Waals surface area (Å²) >= 11 is 0. The van der Waals surface area contributed by atoms with Gasteiger partial charge in [0.2, 0.25) is 0 Å². The number of ketones is 1. The van der Waals surface area contributed by atoms with Crippen molar-refractivity contribution >= 4 is 17.4 Å². The molecule has 0 bridgehead atoms. The lowest BCUT2D eigenvalue weighted by Gasteiger charge is -2.32. The molecule has 0 amide bonds. The minimum Gasteiger partial charge on any atom is -0.504 e. The molecule has 2 aromatic rings. The minimum absolute atomic E-state index is 0.0269. The predicted molar refractivity (Wildman–Crippen MR) is 207 cm³/mol. The lowest BCUT2D eigenvalue weighted by Crippen LogP contribution is -2.42. The summed E-state index contributed by atoms with van der Waals surface area (Å²) in [5.74, 6) is 1.51. The molecular formula is C40H63N5O7. The standard InChI is InChI=1S/C40H63N5O7/c1-6-7-8-9-29(10-13-33(47)14-11-30-12-15-35(48)36(22-30)50-5)20-32-21-34(45-39(41)43-4)38(49)37(23-32)52-40(26-42-3)18-16-31(24-40)17-19-51-27-44-25-28(2)46/h10,12-13,15,21-23,28-29,31,42,44,46,48-49H,6-9,11,14,16-20,24-27H2,1-5H3,(H3,41,43,45)/t28-,29+,31+,40-/m0/s1. The van der Waals surface area contributed by atoms with Gasteiger partial charge in [0.15, 0.2) is 34.7 Å². The van der Waals surface area contributed by atoms with E-state index in [1.54, 1.807) is 38.2 Å². The Morgan fingerprint density at radius 2 is 1.96 bits per heavy atom. The quantitative estimate of drug-likeness (QED) is 0.0183. The Morgan fingerprint density at radius 3 is 2.67 bits per heavy atom. The third-order valence-electron chi connectivity index (χ3n) is 9.58. The number of phenols is 2. The first-order valence-electron chi connectivity index (χ1n) is 18.7. The Labute approximate surface area is 310 Å². The van der Waals surface area contributed by atoms with Crippen molar-refractivity contribution in [2.75, 3.05) is 52.9 Å². The van der Waals surface area contributed by atoms with Crippen molar-refractivity contribution in [2.24, 2.45) is 22.6 Å². The zero-order valence-corrected chi connectivity index (χ0v) is 31.9. The molecule has 1 aliphatic rings. The van der Waals surface area contributed by atoms with Crippen molar-refractivity contribution in [2.45, 2.75) is 96.2 Å². The number of benzene rings is 2. The largest absolute Gasteiger partial charge is 0.504 e. The van der Waals surface area contributed by atoms with Gasteiger partial charge < -0.3 is 45.9 Å². The first-order valence-corrected chi connectivity index (χ1v) is 18.7. The molecule has 0 saturated heterocycles. The summed E-state index contributed by atoms with van der Waals surface area (Å²) in [6.07, 6.45) is 12.4. The molecule has 12 nitrogen and oxygen atoms in total. The highest BCUT2D eigenvalue weighted by Crippen LogP contribution is 2.44. The van der Waals surface area contributed by atoms with Gasteiger partial charge in [-0.2, -0.15) is 0 Å². The Balaban J connectivity index is 1.78. The second kappa shape index (κ2) is 22.3. The monoisotopic (exact) mass is 725 g/mol. The van der Waals surface area contributed by atoms with Crippen molar-refractivity contribution in [3.8, 4) is 23.0 Å². The summed E-state index contributed by atoms with van der Waals surface area (Å²) in [5.41, 5.74) is 7.82. The zero-order valence-electron chi connectivity index (χ0n) is 31.9. The van der Waals surface area contributed by atoms with E-state index in [1.807, 2.05) is 25.3 Å². The van der Waals surface area contributed by atoms with Crippen LogP contribution in [0.2, 0.25) is 0 Å². The number of methoxy groups -OCH3 is 1. The second-order valence-corrected chi connectivity index (χ2v) is 14.1. The van der Waals surface area contributed by atoms with Gasteiger partial charge in [-0.05, 0) is 112 Å². The van der Waals surface area contributed by atoms with Crippen LogP contribution in [0.25, 0.3) is 0 Å². The van der Waals surface area contributed by atoms with Crippen LogP contribution in [0.4, 0.5) is 5.69 Å². The van der Waals surface area contributed by atoms with E-state index in [2.05, 4.69) is 27.9 Å². The molecule has 1 fully saturated rings. The topological polar surface area (TPSA) is 180 Å². The van der Waals surface area contributed by atoms with Crippen LogP contribution < -0.4 is 31.2 Å². The number of allylic oxidation sites excluding steroid dienone is 2. The van der Waals surface area contributed by atoms with Crippen LogP contribution >= 0.6 is 0 Å². The molecule has 290 valence electrons. The number of aliphatic imine (C=N–C) groups is 1. The van der Waals surface area contributed by atoms with Crippen molar-refractivity contribution in [3.63, 3.8) is 0 Å². The number of nitrogens with one attached hydrogen (secondary N) is 3. The molecule has 0 radical (unpaired) electrons. The maximum atomic E-state index is 13.0. The summed E-state index contributed by atoms with van der Waals surface area (Å²) in [6.45, 7) is 6.02. The fourth-order valence-electron chi connectivity index (χ4n) is 6.80. The number of aryl methyl sites for hydroxylation is 1. The lowest BCUT2D eigenvalue weighted by molar-refractivity contribution is -0.114. The number of unbranched alkanes of at least 4 members (excludes halogenated alkanes) is 2. The third-order valence-corrected chi connectivity index (χ3v) is 9.58. The molecule has 0 spiro atoms. The fourth-order valence-corrected chi connectivity index (χ4v) is 6.80. The van der Waals surface area contributed by atoms with Crippen LogP contribution in [0.3, 0.4) is 0 Å². The maximum Gasteiger partial charge on any atom is 0.192 e. The highest BCUT2D eigenvalue weighted by atomic mass is 16.5. The number of aliphatic hydroxyl groups is 1. The number of rotatable bonds is 24.